The molecule has 1 fully saturated rings. The molecule has 2 amide bonds. The van der Waals surface area contributed by atoms with Gasteiger partial charge in [0.2, 0.25) is 11.8 Å². The Morgan fingerprint density at radius 2 is 2.21 bits per heavy atom. The van der Waals surface area contributed by atoms with Crippen molar-refractivity contribution in [1.82, 2.24) is 10.2 Å². The molecule has 1 heterocycles. The molecule has 5 nitrogen and oxygen atoms in total. The average molecular weight is 198 g/mol. The molecule has 14 heavy (non-hydrogen) atoms. The molecule has 0 aromatic rings. The van der Waals surface area contributed by atoms with Crippen molar-refractivity contribution < 1.29 is 14.4 Å². The summed E-state index contributed by atoms with van der Waals surface area (Å²) >= 11 is 0. The van der Waals surface area contributed by atoms with Gasteiger partial charge >= 0.3 is 0 Å². The number of nitrogens with zero attached hydrogens (tertiary/aromatic N) is 1. The second-order valence-corrected chi connectivity index (χ2v) is 3.43. The van der Waals surface area contributed by atoms with Crippen LogP contribution < -0.4 is 5.32 Å². The Labute approximate surface area is 82.4 Å². The van der Waals surface area contributed by atoms with Crippen LogP contribution in [0.5, 0.6) is 0 Å². The van der Waals surface area contributed by atoms with E-state index in [-0.39, 0.29) is 24.1 Å². The third kappa shape index (κ3) is 2.31. The van der Waals surface area contributed by atoms with E-state index >= 15 is 0 Å². The van der Waals surface area contributed by atoms with Crippen LogP contribution in [-0.4, -0.2) is 41.6 Å². The van der Waals surface area contributed by atoms with Gasteiger partial charge in [-0.1, -0.05) is 0 Å². The second kappa shape index (κ2) is 4.21. The van der Waals surface area contributed by atoms with Crippen LogP contribution in [0.3, 0.4) is 0 Å². The van der Waals surface area contributed by atoms with Crippen molar-refractivity contribution in [2.45, 2.75) is 26.3 Å². The number of ketones is 1. The Morgan fingerprint density at radius 1 is 1.57 bits per heavy atom. The molecule has 0 saturated carbocycles. The summed E-state index contributed by atoms with van der Waals surface area (Å²) in [4.78, 5) is 34.8. The molecule has 1 saturated heterocycles. The van der Waals surface area contributed by atoms with Gasteiger partial charge < -0.3 is 10.2 Å². The fraction of sp³-hybridized carbons (Fsp3) is 0.667. The number of amides is 2. The highest BCUT2D eigenvalue weighted by Gasteiger charge is 2.30. The maximum absolute atomic E-state index is 11.4. The Hall–Kier alpha value is -1.39. The van der Waals surface area contributed by atoms with Crippen molar-refractivity contribution >= 4 is 17.6 Å². The largest absolute Gasteiger partial charge is 0.345 e. The van der Waals surface area contributed by atoms with Gasteiger partial charge in [0.25, 0.3) is 0 Å². The molecule has 0 aromatic heterocycles. The Kier molecular flexibility index (Phi) is 3.22. The monoisotopic (exact) mass is 198 g/mol. The predicted octanol–water partition coefficient (Wildman–Crippen LogP) is -0.688. The Balaban J connectivity index is 2.58. The van der Waals surface area contributed by atoms with E-state index in [1.54, 1.807) is 6.92 Å². The average Bonchev–Trinajstić information content (AvgIpc) is 2.11. The first-order valence-corrected chi connectivity index (χ1v) is 4.59. The zero-order valence-electron chi connectivity index (χ0n) is 8.37. The maximum Gasteiger partial charge on any atom is 0.242 e. The molecular weight excluding hydrogens is 184 g/mol. The van der Waals surface area contributed by atoms with Crippen molar-refractivity contribution in [3.8, 4) is 0 Å². The summed E-state index contributed by atoms with van der Waals surface area (Å²) in [6, 6.07) is -0.462. The van der Waals surface area contributed by atoms with Gasteiger partial charge in [0.15, 0.2) is 0 Å². The summed E-state index contributed by atoms with van der Waals surface area (Å²) in [5.41, 5.74) is 0. The molecule has 1 aliphatic rings. The fourth-order valence-electron chi connectivity index (χ4n) is 1.37. The lowest BCUT2D eigenvalue weighted by Crippen LogP contribution is -2.57. The quantitative estimate of drug-likeness (QED) is 0.653. The first-order valence-electron chi connectivity index (χ1n) is 4.59. The molecule has 1 atom stereocenters. The van der Waals surface area contributed by atoms with Crippen LogP contribution in [0.25, 0.3) is 0 Å². The molecule has 0 spiro atoms. The number of piperazine rings is 1. The van der Waals surface area contributed by atoms with Crippen molar-refractivity contribution in [3.63, 3.8) is 0 Å². The zero-order valence-corrected chi connectivity index (χ0v) is 8.37. The number of nitrogens with one attached hydrogen (secondary N) is 1. The van der Waals surface area contributed by atoms with E-state index in [0.29, 0.717) is 13.0 Å². The molecular formula is C9H14N2O3. The first-order chi connectivity index (χ1) is 6.52. The van der Waals surface area contributed by atoms with E-state index < -0.39 is 6.04 Å². The van der Waals surface area contributed by atoms with Crippen LogP contribution in [0.15, 0.2) is 0 Å². The third-order valence-corrected chi connectivity index (χ3v) is 2.29. The fourth-order valence-corrected chi connectivity index (χ4v) is 1.37. The van der Waals surface area contributed by atoms with E-state index in [9.17, 15) is 14.4 Å². The number of carbonyl (C=O) groups is 3. The minimum atomic E-state index is -0.462. The van der Waals surface area contributed by atoms with E-state index in [4.69, 9.17) is 0 Å². The van der Waals surface area contributed by atoms with Gasteiger partial charge in [-0.3, -0.25) is 14.4 Å². The minimum absolute atomic E-state index is 0.0241. The molecule has 1 N–H and O–H groups in total. The van der Waals surface area contributed by atoms with Crippen LogP contribution in [0.4, 0.5) is 0 Å². The normalized spacial score (nSPS) is 22.1. The van der Waals surface area contributed by atoms with Crippen molar-refractivity contribution in [3.05, 3.63) is 0 Å². The van der Waals surface area contributed by atoms with Gasteiger partial charge in [0.05, 0.1) is 6.54 Å². The highest BCUT2D eigenvalue weighted by Crippen LogP contribution is 2.05. The predicted molar refractivity (Wildman–Crippen MR) is 49.5 cm³/mol. The van der Waals surface area contributed by atoms with Crippen molar-refractivity contribution in [2.24, 2.45) is 0 Å². The van der Waals surface area contributed by atoms with Gasteiger partial charge in [-0.15, -0.1) is 0 Å². The molecule has 78 valence electrons. The van der Waals surface area contributed by atoms with Crippen LogP contribution in [0.1, 0.15) is 20.3 Å². The number of hydrogen-bond acceptors (Lipinski definition) is 3. The lowest BCUT2D eigenvalue weighted by Gasteiger charge is -2.32. The van der Waals surface area contributed by atoms with Crippen molar-refractivity contribution in [2.75, 3.05) is 13.1 Å². The minimum Gasteiger partial charge on any atom is -0.345 e. The van der Waals surface area contributed by atoms with Crippen LogP contribution >= 0.6 is 0 Å². The Bertz CT molecular complexity index is 275. The summed E-state index contributed by atoms with van der Waals surface area (Å²) in [6.45, 7) is 3.51. The topological polar surface area (TPSA) is 66.5 Å². The summed E-state index contributed by atoms with van der Waals surface area (Å²) in [7, 11) is 0. The highest BCUT2D eigenvalue weighted by molar-refractivity contribution is 5.94. The van der Waals surface area contributed by atoms with Gasteiger partial charge in [-0.25, -0.2) is 0 Å². The van der Waals surface area contributed by atoms with Crippen LogP contribution in [0.2, 0.25) is 0 Å². The third-order valence-electron chi connectivity index (χ3n) is 2.29. The number of carbonyl (C=O) groups excluding carboxylic acids is 3. The molecule has 0 aromatic carbocycles. The summed E-state index contributed by atoms with van der Waals surface area (Å²) < 4.78 is 0. The van der Waals surface area contributed by atoms with E-state index in [0.717, 1.165) is 0 Å². The lowest BCUT2D eigenvalue weighted by molar-refractivity contribution is -0.145. The van der Waals surface area contributed by atoms with Crippen LogP contribution in [0, 0.1) is 0 Å². The smallest absolute Gasteiger partial charge is 0.242 e. The highest BCUT2D eigenvalue weighted by atomic mass is 16.2. The van der Waals surface area contributed by atoms with Gasteiger partial charge in [-0.05, 0) is 13.8 Å². The van der Waals surface area contributed by atoms with Gasteiger partial charge in [0.1, 0.15) is 11.8 Å². The van der Waals surface area contributed by atoms with Crippen LogP contribution in [-0.2, 0) is 14.4 Å². The summed E-state index contributed by atoms with van der Waals surface area (Å²) in [5, 5.41) is 2.48. The van der Waals surface area contributed by atoms with E-state index in [2.05, 4.69) is 5.32 Å². The summed E-state index contributed by atoms with van der Waals surface area (Å²) in [6.07, 6.45) is 0.309. The summed E-state index contributed by atoms with van der Waals surface area (Å²) in [5.74, 6) is -0.262. The van der Waals surface area contributed by atoms with E-state index in [1.165, 1.54) is 11.8 Å². The van der Waals surface area contributed by atoms with Gasteiger partial charge in [-0.2, -0.15) is 0 Å². The SMILES string of the molecule is CC(=O)CCN1C(=O)CNC(=O)C1C. The molecule has 1 rings (SSSR count). The number of hydrogen-bond donors (Lipinski definition) is 1. The molecule has 0 radical (unpaired) electrons. The first kappa shape index (κ1) is 10.7. The lowest BCUT2D eigenvalue weighted by atomic mass is 10.1. The van der Waals surface area contributed by atoms with Gasteiger partial charge in [0, 0.05) is 13.0 Å². The number of rotatable bonds is 3. The standard InChI is InChI=1S/C9H14N2O3/c1-6(12)3-4-11-7(2)9(14)10-5-8(11)13/h7H,3-5H2,1-2H3,(H,10,14). The molecule has 0 aliphatic carbocycles. The molecule has 0 bridgehead atoms. The van der Waals surface area contributed by atoms with Crippen molar-refractivity contribution in [1.29, 1.82) is 0 Å². The van der Waals surface area contributed by atoms with E-state index in [1.807, 2.05) is 0 Å². The maximum atomic E-state index is 11.4. The molecule has 5 heteroatoms. The second-order valence-electron chi connectivity index (χ2n) is 3.43. The number of Topliss-reactive ketones (excluding diaryl/α,β-unsaturated/α-hetero) is 1. The molecule has 1 aliphatic heterocycles. The molecule has 1 unspecified atom stereocenters. The zero-order chi connectivity index (χ0) is 10.7. The Morgan fingerprint density at radius 3 is 2.79 bits per heavy atom.